The molecule has 0 aliphatic heterocycles. The molecule has 0 saturated heterocycles. The summed E-state index contributed by atoms with van der Waals surface area (Å²) in [6.45, 7) is 0. The maximum atomic E-state index is 12.8. The first-order chi connectivity index (χ1) is 5.86. The van der Waals surface area contributed by atoms with Crippen LogP contribution in [0.5, 0.6) is 0 Å². The summed E-state index contributed by atoms with van der Waals surface area (Å²) in [6.07, 6.45) is 7.82. The summed E-state index contributed by atoms with van der Waals surface area (Å²) in [5, 5.41) is 0. The molecule has 2 radical (unpaired) electrons. The van der Waals surface area contributed by atoms with E-state index in [4.69, 9.17) is 0 Å². The number of hydrogen-bond acceptors (Lipinski definition) is 0. The van der Waals surface area contributed by atoms with E-state index in [1.165, 1.54) is 12.1 Å². The lowest BCUT2D eigenvalue weighted by Gasteiger charge is -2.10. The minimum absolute atomic E-state index is 0.186. The topological polar surface area (TPSA) is 0 Å². The van der Waals surface area contributed by atoms with Crippen LogP contribution in [0.3, 0.4) is 0 Å². The number of allylic oxidation sites excluding steroid dienone is 2. The fourth-order valence-corrected chi connectivity index (χ4v) is 1.23. The SMILES string of the molecule is Fc1cccc(C2=C[CH][CH][CH-]2)c1. The van der Waals surface area contributed by atoms with Gasteiger partial charge in [0.15, 0.2) is 0 Å². The Morgan fingerprint density at radius 3 is 2.83 bits per heavy atom. The molecule has 0 amide bonds. The molecule has 1 aliphatic rings. The summed E-state index contributed by atoms with van der Waals surface area (Å²) in [5.41, 5.74) is 1.99. The Morgan fingerprint density at radius 1 is 1.25 bits per heavy atom. The average Bonchev–Trinajstić information content (AvgIpc) is 2.56. The van der Waals surface area contributed by atoms with Gasteiger partial charge in [0.1, 0.15) is 5.82 Å². The quantitative estimate of drug-likeness (QED) is 0.553. The normalized spacial score (nSPS) is 15.6. The van der Waals surface area contributed by atoms with Gasteiger partial charge in [0.05, 0.1) is 0 Å². The second-order valence-electron chi connectivity index (χ2n) is 2.68. The van der Waals surface area contributed by atoms with Crippen molar-refractivity contribution < 1.29 is 4.39 Å². The van der Waals surface area contributed by atoms with E-state index in [9.17, 15) is 4.39 Å². The van der Waals surface area contributed by atoms with E-state index in [0.29, 0.717) is 0 Å². The van der Waals surface area contributed by atoms with E-state index in [0.717, 1.165) is 11.1 Å². The van der Waals surface area contributed by atoms with Gasteiger partial charge in [0.2, 0.25) is 0 Å². The lowest BCUT2D eigenvalue weighted by atomic mass is 10.1. The van der Waals surface area contributed by atoms with Gasteiger partial charge in [-0.15, -0.1) is 11.6 Å². The van der Waals surface area contributed by atoms with Crippen LogP contribution >= 0.6 is 0 Å². The van der Waals surface area contributed by atoms with Crippen LogP contribution in [-0.4, -0.2) is 0 Å². The van der Waals surface area contributed by atoms with Crippen molar-refractivity contribution in [1.82, 2.24) is 0 Å². The molecular formula is C11H8F-. The van der Waals surface area contributed by atoms with Gasteiger partial charge in [0, 0.05) is 0 Å². The number of hydrogen-bond donors (Lipinski definition) is 0. The van der Waals surface area contributed by atoms with Crippen LogP contribution in [0.4, 0.5) is 4.39 Å². The molecule has 2 rings (SSSR count). The van der Waals surface area contributed by atoms with Crippen LogP contribution < -0.4 is 0 Å². The van der Waals surface area contributed by atoms with Crippen LogP contribution in [0, 0.1) is 25.1 Å². The summed E-state index contributed by atoms with van der Waals surface area (Å²) in [6, 6.07) is 6.61. The van der Waals surface area contributed by atoms with E-state index in [2.05, 4.69) is 0 Å². The maximum Gasteiger partial charge on any atom is 0.111 e. The fraction of sp³-hybridized carbons (Fsp3) is 0. The predicted molar refractivity (Wildman–Crippen MR) is 47.3 cm³/mol. The summed E-state index contributed by atoms with van der Waals surface area (Å²) >= 11 is 0. The van der Waals surface area contributed by atoms with Crippen LogP contribution in [0.15, 0.2) is 30.3 Å². The third kappa shape index (κ3) is 1.35. The molecule has 0 saturated carbocycles. The fourth-order valence-electron chi connectivity index (χ4n) is 1.23. The van der Waals surface area contributed by atoms with Crippen molar-refractivity contribution in [3.63, 3.8) is 0 Å². The first-order valence-electron chi connectivity index (χ1n) is 3.84. The Kier molecular flexibility index (Phi) is 1.86. The van der Waals surface area contributed by atoms with Gasteiger partial charge in [-0.3, -0.25) is 0 Å². The zero-order chi connectivity index (χ0) is 8.39. The van der Waals surface area contributed by atoms with Gasteiger partial charge in [-0.1, -0.05) is 25.0 Å². The summed E-state index contributed by atoms with van der Waals surface area (Å²) in [7, 11) is 0. The molecule has 0 fully saturated rings. The highest BCUT2D eigenvalue weighted by Gasteiger charge is 1.97. The summed E-state index contributed by atoms with van der Waals surface area (Å²) in [4.78, 5) is 0. The van der Waals surface area contributed by atoms with Gasteiger partial charge >= 0.3 is 0 Å². The van der Waals surface area contributed by atoms with Gasteiger partial charge in [0.25, 0.3) is 0 Å². The molecule has 0 heterocycles. The van der Waals surface area contributed by atoms with Crippen molar-refractivity contribution in [2.24, 2.45) is 0 Å². The van der Waals surface area contributed by atoms with E-state index in [1.54, 1.807) is 6.07 Å². The Bertz CT molecular complexity index is 313. The third-order valence-electron chi connectivity index (χ3n) is 1.82. The lowest BCUT2D eigenvalue weighted by Crippen LogP contribution is -1.82. The largest absolute Gasteiger partial charge is 0.208 e. The molecule has 0 bridgehead atoms. The second-order valence-corrected chi connectivity index (χ2v) is 2.68. The monoisotopic (exact) mass is 159 g/mol. The van der Waals surface area contributed by atoms with Crippen LogP contribution in [-0.2, 0) is 0 Å². The lowest BCUT2D eigenvalue weighted by molar-refractivity contribution is 0.627. The smallest absolute Gasteiger partial charge is 0.111 e. The Balaban J connectivity index is 2.33. The van der Waals surface area contributed by atoms with E-state index >= 15 is 0 Å². The molecule has 0 aromatic heterocycles. The minimum Gasteiger partial charge on any atom is -0.208 e. The Labute approximate surface area is 71.7 Å². The molecule has 60 valence electrons. The third-order valence-corrected chi connectivity index (χ3v) is 1.82. The van der Waals surface area contributed by atoms with Crippen molar-refractivity contribution in [1.29, 1.82) is 0 Å². The van der Waals surface area contributed by atoms with Gasteiger partial charge in [-0.25, -0.2) is 4.39 Å². The number of halogens is 1. The summed E-state index contributed by atoms with van der Waals surface area (Å²) < 4.78 is 12.8. The van der Waals surface area contributed by atoms with Gasteiger partial charge < -0.3 is 0 Å². The van der Waals surface area contributed by atoms with Crippen molar-refractivity contribution in [3.05, 3.63) is 61.0 Å². The molecule has 0 spiro atoms. The standard InChI is InChI=1S/C11H8F/c12-11-7-3-6-10(8-11)9-4-1-2-5-9/h1-8H/q-1. The maximum absolute atomic E-state index is 12.8. The summed E-state index contributed by atoms with van der Waals surface area (Å²) in [5.74, 6) is -0.186. The number of benzene rings is 1. The Morgan fingerprint density at radius 2 is 2.17 bits per heavy atom. The minimum atomic E-state index is -0.186. The predicted octanol–water partition coefficient (Wildman–Crippen LogP) is 2.84. The zero-order valence-corrected chi connectivity index (χ0v) is 6.50. The van der Waals surface area contributed by atoms with E-state index < -0.39 is 0 Å². The first kappa shape index (κ1) is 7.41. The zero-order valence-electron chi connectivity index (χ0n) is 6.50. The average molecular weight is 159 g/mol. The second kappa shape index (κ2) is 3.02. The highest BCUT2D eigenvalue weighted by atomic mass is 19.1. The van der Waals surface area contributed by atoms with Crippen LogP contribution in [0.2, 0.25) is 0 Å². The molecule has 0 unspecified atom stereocenters. The van der Waals surface area contributed by atoms with E-state index in [-0.39, 0.29) is 5.82 Å². The van der Waals surface area contributed by atoms with Crippen molar-refractivity contribution in [2.75, 3.05) is 0 Å². The van der Waals surface area contributed by atoms with E-state index in [1.807, 2.05) is 31.4 Å². The van der Waals surface area contributed by atoms with Crippen molar-refractivity contribution in [2.45, 2.75) is 0 Å². The first-order valence-corrected chi connectivity index (χ1v) is 3.84. The highest BCUT2D eigenvalue weighted by molar-refractivity contribution is 5.77. The van der Waals surface area contributed by atoms with Gasteiger partial charge in [-0.2, -0.15) is 18.1 Å². The van der Waals surface area contributed by atoms with Crippen molar-refractivity contribution in [3.8, 4) is 0 Å². The molecule has 1 aromatic rings. The molecule has 1 heteroatoms. The Hall–Kier alpha value is -1.24. The highest BCUT2D eigenvalue weighted by Crippen LogP contribution is 2.25. The molecule has 1 aliphatic carbocycles. The number of rotatable bonds is 1. The molecule has 1 aromatic carbocycles. The van der Waals surface area contributed by atoms with Crippen LogP contribution in [0.1, 0.15) is 5.56 Å². The molecule has 12 heavy (non-hydrogen) atoms. The molecule has 0 N–H and O–H groups in total. The van der Waals surface area contributed by atoms with Gasteiger partial charge in [-0.05, 0) is 6.07 Å². The molecule has 0 atom stereocenters. The van der Waals surface area contributed by atoms with Crippen LogP contribution in [0.25, 0.3) is 5.57 Å². The molecular weight excluding hydrogens is 151 g/mol. The molecule has 0 nitrogen and oxygen atoms in total. The van der Waals surface area contributed by atoms with Crippen molar-refractivity contribution >= 4 is 5.57 Å².